The van der Waals surface area contributed by atoms with Gasteiger partial charge < -0.3 is 8.90 Å². The lowest BCUT2D eigenvalue weighted by atomic mass is 9.37. The van der Waals surface area contributed by atoms with Crippen LogP contribution in [-0.4, -0.2) is 11.3 Å². The molecule has 4 heterocycles. The highest BCUT2D eigenvalue weighted by atomic mass is 16.3. The molecule has 0 spiro atoms. The molecule has 1 atom stereocenters. The highest BCUT2D eigenvalue weighted by Crippen LogP contribution is 2.62. The van der Waals surface area contributed by atoms with E-state index in [4.69, 9.17) is 4.42 Å². The number of benzene rings is 7. The van der Waals surface area contributed by atoms with Gasteiger partial charge in [0.15, 0.2) is 0 Å². The molecule has 9 aromatic rings. The number of unbranched alkanes of at least 4 members (excludes halogenated alkanes) is 1. The molecule has 0 N–H and O–H groups in total. The van der Waals surface area contributed by atoms with Crippen LogP contribution in [0.25, 0.3) is 71.6 Å². The van der Waals surface area contributed by atoms with Crippen molar-refractivity contribution >= 4 is 61.6 Å². The minimum absolute atomic E-state index is 0.0272. The average molecular weight is 816 g/mol. The zero-order chi connectivity index (χ0) is 42.7. The highest BCUT2D eigenvalue weighted by Gasteiger charge is 2.55. The van der Waals surface area contributed by atoms with Crippen LogP contribution in [0.2, 0.25) is 0 Å². The largest absolute Gasteiger partial charge is 0.456 e. The van der Waals surface area contributed by atoms with Crippen molar-refractivity contribution in [1.82, 2.24) is 4.48 Å². The third-order valence-corrected chi connectivity index (χ3v) is 16.4. The molecule has 0 fully saturated rings. The van der Waals surface area contributed by atoms with Crippen LogP contribution in [0.3, 0.4) is 0 Å². The molecule has 13 rings (SSSR count). The van der Waals surface area contributed by atoms with E-state index in [0.717, 1.165) is 17.6 Å². The van der Waals surface area contributed by atoms with Crippen molar-refractivity contribution < 1.29 is 4.42 Å². The zero-order valence-corrected chi connectivity index (χ0v) is 37.7. The molecule has 2 aliphatic carbocycles. The second-order valence-corrected chi connectivity index (χ2v) is 21.2. The molecule has 63 heavy (non-hydrogen) atoms. The smallest absolute Gasteiger partial charge is 0.326 e. The minimum atomic E-state index is -0.268. The highest BCUT2D eigenvalue weighted by molar-refractivity contribution is 6.85. The maximum absolute atomic E-state index is 7.33. The van der Waals surface area contributed by atoms with E-state index in [-0.39, 0.29) is 29.0 Å². The second-order valence-electron chi connectivity index (χ2n) is 21.2. The third-order valence-electron chi connectivity index (χ3n) is 16.4. The first kappa shape index (κ1) is 37.5. The molecule has 2 nitrogen and oxygen atoms in total. The van der Waals surface area contributed by atoms with Gasteiger partial charge in [0.2, 0.25) is 0 Å². The fourth-order valence-electron chi connectivity index (χ4n) is 13.1. The maximum atomic E-state index is 7.33. The zero-order valence-electron chi connectivity index (χ0n) is 37.7. The predicted molar refractivity (Wildman–Crippen MR) is 267 cm³/mol. The lowest BCUT2D eigenvalue weighted by Crippen LogP contribution is -2.52. The Morgan fingerprint density at radius 3 is 2.13 bits per heavy atom. The summed E-state index contributed by atoms with van der Waals surface area (Å²) in [5, 5.41) is 5.05. The Hall–Kier alpha value is -6.06. The summed E-state index contributed by atoms with van der Waals surface area (Å²) in [5.41, 5.74) is 24.3. The molecule has 0 amide bonds. The molecule has 308 valence electrons. The van der Waals surface area contributed by atoms with E-state index in [0.29, 0.717) is 0 Å². The molecule has 0 saturated heterocycles. The Labute approximate surface area is 371 Å². The van der Waals surface area contributed by atoms with Gasteiger partial charge in [-0.3, -0.25) is 0 Å². The molecule has 0 radical (unpaired) electrons. The van der Waals surface area contributed by atoms with Crippen LogP contribution in [0.15, 0.2) is 143 Å². The van der Waals surface area contributed by atoms with E-state index in [1.54, 1.807) is 0 Å². The molecule has 7 aromatic carbocycles. The first-order chi connectivity index (χ1) is 30.5. The van der Waals surface area contributed by atoms with Gasteiger partial charge in [-0.15, -0.1) is 0 Å². The topological polar surface area (TPSA) is 18.1 Å². The van der Waals surface area contributed by atoms with Crippen LogP contribution in [0.5, 0.6) is 0 Å². The minimum Gasteiger partial charge on any atom is -0.456 e. The monoisotopic (exact) mass is 815 g/mol. The predicted octanol–water partition coefficient (Wildman–Crippen LogP) is 15.2. The summed E-state index contributed by atoms with van der Waals surface area (Å²) in [4.78, 5) is 0. The van der Waals surface area contributed by atoms with Crippen LogP contribution >= 0.6 is 0 Å². The Bertz CT molecular complexity index is 3480. The molecule has 0 saturated carbocycles. The summed E-state index contributed by atoms with van der Waals surface area (Å²) >= 11 is 0. The molecule has 1 unspecified atom stereocenters. The number of hydrogen-bond acceptors (Lipinski definition) is 1. The van der Waals surface area contributed by atoms with Gasteiger partial charge in [0.1, 0.15) is 11.2 Å². The Balaban J connectivity index is 1.25. The van der Waals surface area contributed by atoms with Gasteiger partial charge in [-0.05, 0) is 116 Å². The number of hydrogen-bond donors (Lipinski definition) is 0. The second kappa shape index (κ2) is 12.8. The van der Waals surface area contributed by atoms with Crippen LogP contribution in [-0.2, 0) is 22.7 Å². The number of allylic oxidation sites excluding steroid dienone is 2. The van der Waals surface area contributed by atoms with Gasteiger partial charge in [0, 0.05) is 55.0 Å². The van der Waals surface area contributed by atoms with Crippen molar-refractivity contribution in [1.29, 1.82) is 0 Å². The summed E-state index contributed by atoms with van der Waals surface area (Å²) in [7, 11) is 0. The molecule has 3 heteroatoms. The van der Waals surface area contributed by atoms with E-state index in [1.807, 2.05) is 0 Å². The van der Waals surface area contributed by atoms with Crippen molar-refractivity contribution in [3.8, 4) is 22.3 Å². The van der Waals surface area contributed by atoms with E-state index in [9.17, 15) is 0 Å². The van der Waals surface area contributed by atoms with Gasteiger partial charge in [-0.1, -0.05) is 176 Å². The van der Waals surface area contributed by atoms with Crippen LogP contribution in [0.4, 0.5) is 0 Å². The number of rotatable bonds is 5. The summed E-state index contributed by atoms with van der Waals surface area (Å²) < 4.78 is 10.1. The third kappa shape index (κ3) is 4.92. The Kier molecular flexibility index (Phi) is 7.61. The first-order valence-electron chi connectivity index (χ1n) is 23.6. The first-order valence-corrected chi connectivity index (χ1v) is 23.6. The van der Waals surface area contributed by atoms with E-state index in [2.05, 4.69) is 186 Å². The van der Waals surface area contributed by atoms with Crippen LogP contribution < -0.4 is 5.46 Å². The molecule has 4 aliphatic rings. The number of aromatic nitrogens is 1. The summed E-state index contributed by atoms with van der Waals surface area (Å²) in [5.74, 6) is -0.0782. The lowest BCUT2D eigenvalue weighted by Gasteiger charge is -2.43. The van der Waals surface area contributed by atoms with Gasteiger partial charge in [-0.2, -0.15) is 0 Å². The summed E-state index contributed by atoms with van der Waals surface area (Å²) in [6.45, 7) is 17.3. The standard InChI is InChI=1S/C60H54BNO/c1-8-9-18-35-27-28-39(42(31-35)36-19-11-10-12-20-36)51-52-45-33-47-48(59(4,5)30-29-58(47,2)3)34-46(45)60(6,7)57(52)61-54-43(32-44-38-22-14-16-26-50(38)63-56(44)53(51)54)41-24-17-23-40-37-21-13-15-25-49(37)62(61)55(40)41/h10-17,19-28,31-34,51H,8-9,18,29-30H2,1-7H3. The number of fused-ring (bicyclic) bond motifs is 13. The molecule has 2 aliphatic heterocycles. The van der Waals surface area contributed by atoms with E-state index >= 15 is 0 Å². The fraction of sp³-hybridized carbons (Fsp3) is 0.267. The maximum Gasteiger partial charge on any atom is 0.326 e. The number of nitrogens with zero attached hydrogens (tertiary/aromatic N) is 1. The van der Waals surface area contributed by atoms with Crippen molar-refractivity contribution in [3.05, 3.63) is 178 Å². The normalized spacial score (nSPS) is 18.6. The molecular weight excluding hydrogens is 761 g/mol. The SMILES string of the molecule is CCCCc1ccc(C2C3=C(B4c5c(cc6c(oc7ccccc76)c52)-c2cccc5c6ccccc6n4c25)C(C)(C)c2cc4c(cc23)C(C)(C)CCC4(C)C)c(-c2ccccc2)c1. The van der Waals surface area contributed by atoms with Gasteiger partial charge >= 0.3 is 6.85 Å². The van der Waals surface area contributed by atoms with Gasteiger partial charge in [0.05, 0.1) is 0 Å². The average Bonchev–Trinajstić information content (AvgIpc) is 3.92. The summed E-state index contributed by atoms with van der Waals surface area (Å²) in [6.07, 6.45) is 5.80. The number of aryl methyl sites for hydroxylation is 1. The van der Waals surface area contributed by atoms with Gasteiger partial charge in [0.25, 0.3) is 0 Å². The van der Waals surface area contributed by atoms with Crippen molar-refractivity contribution in [2.45, 2.75) is 103 Å². The fourth-order valence-corrected chi connectivity index (χ4v) is 13.1. The van der Waals surface area contributed by atoms with E-state index in [1.165, 1.54) is 136 Å². The van der Waals surface area contributed by atoms with E-state index < -0.39 is 0 Å². The molecular formula is C60H54BNO. The van der Waals surface area contributed by atoms with Crippen molar-refractivity contribution in [2.75, 3.05) is 0 Å². The van der Waals surface area contributed by atoms with Crippen molar-refractivity contribution in [3.63, 3.8) is 0 Å². The molecule has 2 aromatic heterocycles. The molecule has 0 bridgehead atoms. The van der Waals surface area contributed by atoms with Crippen LogP contribution in [0, 0.1) is 0 Å². The van der Waals surface area contributed by atoms with Crippen LogP contribution in [0.1, 0.15) is 119 Å². The quantitative estimate of drug-likeness (QED) is 0.158. The number of para-hydroxylation sites is 3. The number of furan rings is 1. The summed E-state index contributed by atoms with van der Waals surface area (Å²) in [6, 6.07) is 51.6. The van der Waals surface area contributed by atoms with Gasteiger partial charge in [-0.25, -0.2) is 0 Å². The lowest BCUT2D eigenvalue weighted by molar-refractivity contribution is 0.331. The Morgan fingerprint density at radius 1 is 0.619 bits per heavy atom. The van der Waals surface area contributed by atoms with Crippen molar-refractivity contribution in [2.24, 2.45) is 0 Å². The Morgan fingerprint density at radius 2 is 1.33 bits per heavy atom.